The summed E-state index contributed by atoms with van der Waals surface area (Å²) in [5.41, 5.74) is 10.4. The second-order valence-corrected chi connectivity index (χ2v) is 4.44. The topological polar surface area (TPSA) is 43.8 Å². The minimum Gasteiger partial charge on any atom is -0.396 e. The van der Waals surface area contributed by atoms with E-state index in [-0.39, 0.29) is 0 Å². The van der Waals surface area contributed by atoms with Gasteiger partial charge >= 0.3 is 0 Å². The monoisotopic (exact) mass is 229 g/mol. The fourth-order valence-electron chi connectivity index (χ4n) is 2.06. The Morgan fingerprint density at radius 2 is 2.18 bits per heavy atom. The van der Waals surface area contributed by atoms with E-state index < -0.39 is 0 Å². The van der Waals surface area contributed by atoms with Crippen LogP contribution in [0.3, 0.4) is 0 Å². The number of nitrogens with zero attached hydrogens (tertiary/aromatic N) is 2. The molecule has 0 radical (unpaired) electrons. The molecule has 0 aliphatic carbocycles. The van der Waals surface area contributed by atoms with Crippen molar-refractivity contribution in [3.8, 4) is 0 Å². The lowest BCUT2D eigenvalue weighted by atomic mass is 10.1. The first-order valence-corrected chi connectivity index (χ1v) is 6.06. The Balaban J connectivity index is 2.24. The Bertz CT molecular complexity index is 500. The molecule has 3 nitrogen and oxygen atoms in total. The zero-order valence-electron chi connectivity index (χ0n) is 10.5. The third-order valence-corrected chi connectivity index (χ3v) is 2.88. The zero-order chi connectivity index (χ0) is 12.3. The molecule has 0 unspecified atom stereocenters. The van der Waals surface area contributed by atoms with E-state index in [0.717, 1.165) is 30.8 Å². The molecule has 0 amide bonds. The molecule has 1 aromatic heterocycles. The van der Waals surface area contributed by atoms with Crippen molar-refractivity contribution in [2.45, 2.75) is 33.2 Å². The molecular formula is C14H19N3. The van der Waals surface area contributed by atoms with Gasteiger partial charge in [-0.1, -0.05) is 43.2 Å². The Morgan fingerprint density at radius 1 is 1.35 bits per heavy atom. The number of aromatic nitrogens is 2. The van der Waals surface area contributed by atoms with Crippen LogP contribution in [0.5, 0.6) is 0 Å². The van der Waals surface area contributed by atoms with Crippen LogP contribution in [-0.2, 0) is 13.0 Å². The van der Waals surface area contributed by atoms with Crippen LogP contribution in [0, 0.1) is 6.92 Å². The predicted octanol–water partition coefficient (Wildman–Crippen LogP) is 2.77. The highest BCUT2D eigenvalue weighted by molar-refractivity contribution is 5.41. The summed E-state index contributed by atoms with van der Waals surface area (Å²) in [5.74, 6) is 0. The maximum atomic E-state index is 5.93. The molecule has 0 aliphatic rings. The highest BCUT2D eigenvalue weighted by Crippen LogP contribution is 2.15. The van der Waals surface area contributed by atoms with Crippen molar-refractivity contribution < 1.29 is 0 Å². The van der Waals surface area contributed by atoms with E-state index in [1.54, 1.807) is 6.20 Å². The van der Waals surface area contributed by atoms with Gasteiger partial charge in [0.2, 0.25) is 0 Å². The fraction of sp³-hybridized carbons (Fsp3) is 0.357. The summed E-state index contributed by atoms with van der Waals surface area (Å²) < 4.78 is 2.01. The molecule has 1 aromatic carbocycles. The fourth-order valence-corrected chi connectivity index (χ4v) is 2.06. The van der Waals surface area contributed by atoms with Gasteiger partial charge < -0.3 is 5.73 Å². The van der Waals surface area contributed by atoms with E-state index in [1.807, 2.05) is 4.68 Å². The number of nitrogens with two attached hydrogens (primary N) is 1. The quantitative estimate of drug-likeness (QED) is 0.876. The number of anilines is 1. The van der Waals surface area contributed by atoms with Gasteiger partial charge in [0.05, 0.1) is 24.1 Å². The van der Waals surface area contributed by atoms with Gasteiger partial charge in [0.1, 0.15) is 0 Å². The van der Waals surface area contributed by atoms with E-state index in [2.05, 4.69) is 43.2 Å². The summed E-state index contributed by atoms with van der Waals surface area (Å²) in [6.45, 7) is 5.06. The van der Waals surface area contributed by atoms with Crippen LogP contribution in [0.25, 0.3) is 0 Å². The van der Waals surface area contributed by atoms with Crippen molar-refractivity contribution in [3.05, 3.63) is 47.3 Å². The second-order valence-electron chi connectivity index (χ2n) is 4.44. The standard InChI is InChI=1S/C14H19N3/c1-3-5-14-13(15)9-16-17(14)10-12-7-4-6-11(2)8-12/h4,6-9H,3,5,10,15H2,1-2H3. The van der Waals surface area contributed by atoms with Crippen LogP contribution in [0.4, 0.5) is 5.69 Å². The smallest absolute Gasteiger partial charge is 0.0733 e. The van der Waals surface area contributed by atoms with Crippen LogP contribution in [0.2, 0.25) is 0 Å². The Morgan fingerprint density at radius 3 is 2.88 bits per heavy atom. The van der Waals surface area contributed by atoms with Crippen LogP contribution >= 0.6 is 0 Å². The summed E-state index contributed by atoms with van der Waals surface area (Å²) in [5, 5.41) is 4.35. The van der Waals surface area contributed by atoms with Crippen molar-refractivity contribution >= 4 is 5.69 Å². The Hall–Kier alpha value is -1.77. The summed E-state index contributed by atoms with van der Waals surface area (Å²) in [4.78, 5) is 0. The molecule has 0 saturated heterocycles. The third kappa shape index (κ3) is 2.67. The molecule has 0 spiro atoms. The molecule has 2 aromatic rings. The van der Waals surface area contributed by atoms with Crippen molar-refractivity contribution in [2.75, 3.05) is 5.73 Å². The number of nitrogen functional groups attached to an aromatic ring is 1. The van der Waals surface area contributed by atoms with Gasteiger partial charge in [-0.25, -0.2) is 0 Å². The number of rotatable bonds is 4. The molecule has 2 rings (SSSR count). The maximum Gasteiger partial charge on any atom is 0.0733 e. The van der Waals surface area contributed by atoms with Crippen LogP contribution in [-0.4, -0.2) is 9.78 Å². The molecule has 0 atom stereocenters. The molecule has 0 fully saturated rings. The number of hydrogen-bond donors (Lipinski definition) is 1. The minimum absolute atomic E-state index is 0.800. The molecule has 2 N–H and O–H groups in total. The molecule has 17 heavy (non-hydrogen) atoms. The van der Waals surface area contributed by atoms with Gasteiger partial charge in [0.25, 0.3) is 0 Å². The van der Waals surface area contributed by atoms with Gasteiger partial charge in [-0.15, -0.1) is 0 Å². The number of hydrogen-bond acceptors (Lipinski definition) is 2. The second kappa shape index (κ2) is 5.04. The number of aryl methyl sites for hydroxylation is 1. The largest absolute Gasteiger partial charge is 0.396 e. The summed E-state index contributed by atoms with van der Waals surface area (Å²) in [6, 6.07) is 8.50. The van der Waals surface area contributed by atoms with E-state index in [1.165, 1.54) is 11.1 Å². The van der Waals surface area contributed by atoms with Gasteiger partial charge in [-0.05, 0) is 18.9 Å². The Labute approximate surface area is 102 Å². The van der Waals surface area contributed by atoms with Gasteiger partial charge in [0.15, 0.2) is 0 Å². The normalized spacial score (nSPS) is 10.7. The first kappa shape index (κ1) is 11.7. The molecule has 0 aliphatic heterocycles. The molecular weight excluding hydrogens is 210 g/mol. The maximum absolute atomic E-state index is 5.93. The first-order valence-electron chi connectivity index (χ1n) is 6.06. The zero-order valence-corrected chi connectivity index (χ0v) is 10.5. The highest BCUT2D eigenvalue weighted by atomic mass is 15.3. The van der Waals surface area contributed by atoms with Gasteiger partial charge in [-0.2, -0.15) is 5.10 Å². The molecule has 90 valence electrons. The van der Waals surface area contributed by atoms with Crippen LogP contribution in [0.1, 0.15) is 30.2 Å². The molecule has 0 saturated carbocycles. The van der Waals surface area contributed by atoms with E-state index in [9.17, 15) is 0 Å². The van der Waals surface area contributed by atoms with Crippen molar-refractivity contribution in [2.24, 2.45) is 0 Å². The molecule has 3 heteroatoms. The SMILES string of the molecule is CCCc1c(N)cnn1Cc1cccc(C)c1. The summed E-state index contributed by atoms with van der Waals surface area (Å²) in [6.07, 6.45) is 3.82. The Kier molecular flexibility index (Phi) is 3.47. The van der Waals surface area contributed by atoms with Crippen molar-refractivity contribution in [1.82, 2.24) is 9.78 Å². The highest BCUT2D eigenvalue weighted by Gasteiger charge is 2.07. The van der Waals surface area contributed by atoms with Crippen molar-refractivity contribution in [1.29, 1.82) is 0 Å². The predicted molar refractivity (Wildman–Crippen MR) is 70.9 cm³/mol. The lowest BCUT2D eigenvalue weighted by Crippen LogP contribution is -2.07. The summed E-state index contributed by atoms with van der Waals surface area (Å²) >= 11 is 0. The average Bonchev–Trinajstić information content (AvgIpc) is 2.62. The molecule has 1 heterocycles. The van der Waals surface area contributed by atoms with Crippen molar-refractivity contribution in [3.63, 3.8) is 0 Å². The molecule has 0 bridgehead atoms. The van der Waals surface area contributed by atoms with Gasteiger partial charge in [0, 0.05) is 0 Å². The van der Waals surface area contributed by atoms with Gasteiger partial charge in [-0.3, -0.25) is 4.68 Å². The van der Waals surface area contributed by atoms with Crippen LogP contribution < -0.4 is 5.73 Å². The van der Waals surface area contributed by atoms with Crippen LogP contribution in [0.15, 0.2) is 30.5 Å². The summed E-state index contributed by atoms with van der Waals surface area (Å²) in [7, 11) is 0. The average molecular weight is 229 g/mol. The van der Waals surface area contributed by atoms with E-state index >= 15 is 0 Å². The van der Waals surface area contributed by atoms with E-state index in [4.69, 9.17) is 5.73 Å². The number of benzene rings is 1. The lowest BCUT2D eigenvalue weighted by molar-refractivity contribution is 0.638. The lowest BCUT2D eigenvalue weighted by Gasteiger charge is -2.08. The van der Waals surface area contributed by atoms with E-state index in [0.29, 0.717) is 0 Å². The third-order valence-electron chi connectivity index (χ3n) is 2.88. The minimum atomic E-state index is 0.800. The first-order chi connectivity index (χ1) is 8.20.